The Balaban J connectivity index is 2.27. The Labute approximate surface area is 78.0 Å². The van der Waals surface area contributed by atoms with Gasteiger partial charge in [0.25, 0.3) is 0 Å². The molecule has 1 aromatic heterocycles. The van der Waals surface area contributed by atoms with E-state index in [1.807, 2.05) is 12.1 Å². The largest absolute Gasteiger partial charge is 0.396 e. The first kappa shape index (κ1) is 9.92. The summed E-state index contributed by atoms with van der Waals surface area (Å²) in [5.41, 5.74) is 0. The number of anilines is 1. The minimum absolute atomic E-state index is 0.239. The molecule has 0 bridgehead atoms. The van der Waals surface area contributed by atoms with Crippen LogP contribution in [-0.2, 0) is 0 Å². The van der Waals surface area contributed by atoms with Gasteiger partial charge in [0.15, 0.2) is 0 Å². The quantitative estimate of drug-likeness (QED) is 0.708. The van der Waals surface area contributed by atoms with Crippen LogP contribution in [0.25, 0.3) is 0 Å². The van der Waals surface area contributed by atoms with Crippen molar-refractivity contribution in [1.29, 1.82) is 0 Å². The van der Waals surface area contributed by atoms with Gasteiger partial charge in [-0.05, 0) is 24.5 Å². The van der Waals surface area contributed by atoms with Gasteiger partial charge in [-0.15, -0.1) is 5.10 Å². The summed E-state index contributed by atoms with van der Waals surface area (Å²) in [6.45, 7) is 3.14. The summed E-state index contributed by atoms with van der Waals surface area (Å²) < 4.78 is 0. The molecule has 0 radical (unpaired) electrons. The fraction of sp³-hybridized carbons (Fsp3) is 0.556. The molecule has 0 aliphatic heterocycles. The van der Waals surface area contributed by atoms with E-state index in [0.717, 1.165) is 18.8 Å². The molecular weight excluding hydrogens is 166 g/mol. The van der Waals surface area contributed by atoms with Crippen molar-refractivity contribution in [3.63, 3.8) is 0 Å². The molecule has 0 spiro atoms. The van der Waals surface area contributed by atoms with E-state index in [2.05, 4.69) is 22.4 Å². The van der Waals surface area contributed by atoms with Crippen molar-refractivity contribution >= 4 is 5.82 Å². The predicted molar refractivity (Wildman–Crippen MR) is 51.4 cm³/mol. The topological polar surface area (TPSA) is 58.0 Å². The molecule has 4 nitrogen and oxygen atoms in total. The number of rotatable bonds is 5. The average molecular weight is 181 g/mol. The molecule has 0 saturated heterocycles. The van der Waals surface area contributed by atoms with E-state index >= 15 is 0 Å². The van der Waals surface area contributed by atoms with Crippen LogP contribution >= 0.6 is 0 Å². The number of hydrogen-bond donors (Lipinski definition) is 2. The lowest BCUT2D eigenvalue weighted by Gasteiger charge is -2.10. The van der Waals surface area contributed by atoms with Crippen LogP contribution in [0, 0.1) is 5.92 Å². The van der Waals surface area contributed by atoms with Gasteiger partial charge in [-0.2, -0.15) is 5.10 Å². The van der Waals surface area contributed by atoms with E-state index in [4.69, 9.17) is 5.11 Å². The number of nitrogens with one attached hydrogen (secondary N) is 1. The van der Waals surface area contributed by atoms with Gasteiger partial charge < -0.3 is 10.4 Å². The Morgan fingerprint density at radius 3 is 3.08 bits per heavy atom. The van der Waals surface area contributed by atoms with E-state index in [9.17, 15) is 0 Å². The van der Waals surface area contributed by atoms with Crippen molar-refractivity contribution < 1.29 is 5.11 Å². The molecule has 0 aliphatic carbocycles. The number of aliphatic hydroxyl groups is 1. The molecule has 0 aliphatic rings. The molecule has 4 heteroatoms. The van der Waals surface area contributed by atoms with Crippen LogP contribution in [0.1, 0.15) is 13.3 Å². The van der Waals surface area contributed by atoms with E-state index in [-0.39, 0.29) is 6.61 Å². The van der Waals surface area contributed by atoms with Crippen LogP contribution in [0.2, 0.25) is 0 Å². The van der Waals surface area contributed by atoms with Crippen molar-refractivity contribution in [3.05, 3.63) is 18.3 Å². The maximum atomic E-state index is 8.68. The Hall–Kier alpha value is -1.16. The normalized spacial score (nSPS) is 12.5. The second-order valence-corrected chi connectivity index (χ2v) is 3.11. The first-order valence-corrected chi connectivity index (χ1v) is 4.45. The lowest BCUT2D eigenvalue weighted by molar-refractivity contribution is 0.266. The fourth-order valence-electron chi connectivity index (χ4n) is 0.997. The summed E-state index contributed by atoms with van der Waals surface area (Å²) >= 11 is 0. The van der Waals surface area contributed by atoms with Crippen LogP contribution < -0.4 is 5.32 Å². The molecule has 1 heterocycles. The highest BCUT2D eigenvalue weighted by molar-refractivity contribution is 5.31. The molecule has 2 N–H and O–H groups in total. The van der Waals surface area contributed by atoms with Crippen LogP contribution in [0.3, 0.4) is 0 Å². The number of aliphatic hydroxyl groups excluding tert-OH is 1. The van der Waals surface area contributed by atoms with Gasteiger partial charge in [0.05, 0.1) is 0 Å². The second-order valence-electron chi connectivity index (χ2n) is 3.11. The van der Waals surface area contributed by atoms with Gasteiger partial charge in [0.2, 0.25) is 0 Å². The highest BCUT2D eigenvalue weighted by Crippen LogP contribution is 2.03. The Morgan fingerprint density at radius 1 is 1.62 bits per heavy atom. The number of nitrogens with zero attached hydrogens (tertiary/aromatic N) is 2. The summed E-state index contributed by atoms with van der Waals surface area (Å²) in [5.74, 6) is 1.24. The summed E-state index contributed by atoms with van der Waals surface area (Å²) in [6, 6.07) is 3.71. The van der Waals surface area contributed by atoms with Crippen LogP contribution in [0.15, 0.2) is 18.3 Å². The summed E-state index contributed by atoms with van der Waals surface area (Å²) in [4.78, 5) is 0. The zero-order valence-electron chi connectivity index (χ0n) is 7.77. The van der Waals surface area contributed by atoms with Crippen LogP contribution in [-0.4, -0.2) is 28.5 Å². The molecule has 1 atom stereocenters. The second kappa shape index (κ2) is 5.48. The first-order valence-electron chi connectivity index (χ1n) is 4.45. The third-order valence-electron chi connectivity index (χ3n) is 1.83. The van der Waals surface area contributed by atoms with Crippen molar-refractivity contribution in [2.75, 3.05) is 18.5 Å². The molecule has 72 valence electrons. The van der Waals surface area contributed by atoms with E-state index < -0.39 is 0 Å². The molecular formula is C9H15N3O. The minimum Gasteiger partial charge on any atom is -0.396 e. The van der Waals surface area contributed by atoms with Gasteiger partial charge in [0, 0.05) is 19.3 Å². The average Bonchev–Trinajstić information content (AvgIpc) is 2.17. The standard InChI is InChI=1S/C9H15N3O/c1-8(4-6-13)7-10-9-3-2-5-11-12-9/h2-3,5,8,13H,4,6-7H2,1H3,(H,10,12). The van der Waals surface area contributed by atoms with Gasteiger partial charge >= 0.3 is 0 Å². The Bertz CT molecular complexity index is 228. The van der Waals surface area contributed by atoms with Crippen molar-refractivity contribution in [2.45, 2.75) is 13.3 Å². The molecule has 0 aromatic carbocycles. The fourth-order valence-corrected chi connectivity index (χ4v) is 0.997. The molecule has 13 heavy (non-hydrogen) atoms. The third-order valence-corrected chi connectivity index (χ3v) is 1.83. The van der Waals surface area contributed by atoms with E-state index in [0.29, 0.717) is 5.92 Å². The third kappa shape index (κ3) is 3.85. The molecule has 0 saturated carbocycles. The summed E-state index contributed by atoms with van der Waals surface area (Å²) in [6.07, 6.45) is 2.45. The molecule has 1 aromatic rings. The van der Waals surface area contributed by atoms with Crippen LogP contribution in [0.5, 0.6) is 0 Å². The molecule has 1 unspecified atom stereocenters. The van der Waals surface area contributed by atoms with Crippen molar-refractivity contribution in [1.82, 2.24) is 10.2 Å². The monoisotopic (exact) mass is 181 g/mol. The lowest BCUT2D eigenvalue weighted by Crippen LogP contribution is -2.13. The Kier molecular flexibility index (Phi) is 4.18. The minimum atomic E-state index is 0.239. The van der Waals surface area contributed by atoms with Crippen molar-refractivity contribution in [2.24, 2.45) is 5.92 Å². The highest BCUT2D eigenvalue weighted by atomic mass is 16.3. The molecule has 0 fully saturated rings. The predicted octanol–water partition coefficient (Wildman–Crippen LogP) is 0.907. The van der Waals surface area contributed by atoms with Gasteiger partial charge in [-0.1, -0.05) is 6.92 Å². The maximum Gasteiger partial charge on any atom is 0.148 e. The number of aromatic nitrogens is 2. The number of hydrogen-bond acceptors (Lipinski definition) is 4. The van der Waals surface area contributed by atoms with E-state index in [1.54, 1.807) is 6.20 Å². The zero-order valence-corrected chi connectivity index (χ0v) is 7.77. The van der Waals surface area contributed by atoms with Gasteiger partial charge in [-0.25, -0.2) is 0 Å². The SMILES string of the molecule is CC(CCO)CNc1cccnn1. The Morgan fingerprint density at radius 2 is 2.46 bits per heavy atom. The summed E-state index contributed by atoms with van der Waals surface area (Å²) in [7, 11) is 0. The smallest absolute Gasteiger partial charge is 0.148 e. The highest BCUT2D eigenvalue weighted by Gasteiger charge is 2.00. The zero-order chi connectivity index (χ0) is 9.52. The van der Waals surface area contributed by atoms with E-state index in [1.165, 1.54) is 0 Å². The summed E-state index contributed by atoms with van der Waals surface area (Å²) in [5, 5.41) is 19.5. The molecule has 0 amide bonds. The first-order chi connectivity index (χ1) is 6.33. The van der Waals surface area contributed by atoms with Gasteiger partial charge in [-0.3, -0.25) is 0 Å². The van der Waals surface area contributed by atoms with Crippen LogP contribution in [0.4, 0.5) is 5.82 Å². The molecule has 1 rings (SSSR count). The van der Waals surface area contributed by atoms with Crippen molar-refractivity contribution in [3.8, 4) is 0 Å². The lowest BCUT2D eigenvalue weighted by atomic mass is 10.1. The van der Waals surface area contributed by atoms with Gasteiger partial charge in [0.1, 0.15) is 5.82 Å². The maximum absolute atomic E-state index is 8.68.